The first-order valence-electron chi connectivity index (χ1n) is 26.2. The number of hydrogen-bond donors (Lipinski definition) is 1. The first-order chi connectivity index (χ1) is 36.2. The molecule has 11 aromatic rings. The Bertz CT molecular complexity index is 3840. The fourth-order valence-electron chi connectivity index (χ4n) is 10.5. The summed E-state index contributed by atoms with van der Waals surface area (Å²) in [5.74, 6) is 1.12. The first-order valence-corrected chi connectivity index (χ1v) is 26.2. The van der Waals surface area contributed by atoms with Crippen LogP contribution >= 0.6 is 0 Å². The molecule has 0 aliphatic rings. The SMILES string of the molecule is CC(C)c1cccc(-c2ccccc2)c1-n1c(-c2cc(C(C)(C)C)cc(C(C)(C)C)c2O)nc2c(-c3cc(-c4ccc(-c5ccccc5)cc4)cc(-c4cc(-c5ccc(-c6ccccc6)cc5)ccn4)c3)cccc21. The van der Waals surface area contributed by atoms with Gasteiger partial charge in [-0.1, -0.05) is 231 Å². The number of pyridine rings is 1. The van der Waals surface area contributed by atoms with Crippen LogP contribution in [0.4, 0.5) is 0 Å². The Hall–Kier alpha value is -8.60. The molecule has 0 unspecified atom stereocenters. The fraction of sp³-hybridized carbons (Fsp3) is 0.155. The minimum Gasteiger partial charge on any atom is -0.507 e. The zero-order valence-electron chi connectivity index (χ0n) is 44.2. The lowest BCUT2D eigenvalue weighted by Crippen LogP contribution is -2.17. The average Bonchev–Trinajstić information content (AvgIpc) is 3.86. The van der Waals surface area contributed by atoms with Gasteiger partial charge in [0.05, 0.1) is 28.0 Å². The van der Waals surface area contributed by atoms with Gasteiger partial charge in [-0.05, 0) is 126 Å². The Morgan fingerprint density at radius 1 is 0.413 bits per heavy atom. The minimum atomic E-state index is -0.347. The third-order valence-corrected chi connectivity index (χ3v) is 14.7. The van der Waals surface area contributed by atoms with Gasteiger partial charge in [-0.3, -0.25) is 9.55 Å². The van der Waals surface area contributed by atoms with Gasteiger partial charge in [-0.25, -0.2) is 4.98 Å². The van der Waals surface area contributed by atoms with E-state index >= 15 is 0 Å². The zero-order valence-corrected chi connectivity index (χ0v) is 44.2. The molecule has 368 valence electrons. The van der Waals surface area contributed by atoms with Gasteiger partial charge in [-0.15, -0.1) is 0 Å². The third kappa shape index (κ3) is 9.61. The summed E-state index contributed by atoms with van der Waals surface area (Å²) in [4.78, 5) is 10.9. The Labute approximate surface area is 442 Å². The minimum absolute atomic E-state index is 0.175. The molecule has 2 aromatic heterocycles. The number of phenolic OH excluding ortho intramolecular Hbond substituents is 1. The summed E-state index contributed by atoms with van der Waals surface area (Å²) < 4.78 is 2.34. The van der Waals surface area contributed by atoms with Crippen LogP contribution in [-0.2, 0) is 10.8 Å². The summed E-state index contributed by atoms with van der Waals surface area (Å²) in [5, 5.41) is 12.7. The second-order valence-corrected chi connectivity index (χ2v) is 22.2. The molecule has 1 N–H and O–H groups in total. The van der Waals surface area contributed by atoms with Gasteiger partial charge < -0.3 is 5.11 Å². The van der Waals surface area contributed by atoms with Crippen LogP contribution in [0, 0.1) is 0 Å². The first kappa shape index (κ1) is 48.7. The predicted octanol–water partition coefficient (Wildman–Crippen LogP) is 19.2. The van der Waals surface area contributed by atoms with E-state index in [1.54, 1.807) is 0 Å². The molecule has 0 atom stereocenters. The van der Waals surface area contributed by atoms with Crippen LogP contribution in [0.3, 0.4) is 0 Å². The molecule has 0 aliphatic carbocycles. The van der Waals surface area contributed by atoms with Crippen LogP contribution in [-0.4, -0.2) is 19.6 Å². The molecule has 0 radical (unpaired) electrons. The molecule has 11 rings (SSSR count). The van der Waals surface area contributed by atoms with Crippen molar-refractivity contribution in [3.05, 3.63) is 241 Å². The van der Waals surface area contributed by atoms with Gasteiger partial charge in [-0.2, -0.15) is 0 Å². The summed E-state index contributed by atoms with van der Waals surface area (Å²) in [6, 6.07) is 78.0. The van der Waals surface area contributed by atoms with Crippen LogP contribution in [0.15, 0.2) is 225 Å². The summed E-state index contributed by atoms with van der Waals surface area (Å²) in [7, 11) is 0. The summed E-state index contributed by atoms with van der Waals surface area (Å²) in [6.07, 6.45) is 1.92. The number of fused-ring (bicyclic) bond motifs is 1. The second kappa shape index (κ2) is 19.7. The van der Waals surface area contributed by atoms with E-state index in [-0.39, 0.29) is 22.5 Å². The molecule has 4 heteroatoms. The van der Waals surface area contributed by atoms with Crippen molar-refractivity contribution in [3.63, 3.8) is 0 Å². The Balaban J connectivity index is 1.17. The van der Waals surface area contributed by atoms with Crippen LogP contribution < -0.4 is 0 Å². The monoisotopic (exact) mass is 973 g/mol. The molecule has 0 saturated heterocycles. The smallest absolute Gasteiger partial charge is 0.149 e. The van der Waals surface area contributed by atoms with Crippen LogP contribution in [0.1, 0.15) is 78.0 Å². The number of para-hydroxylation sites is 2. The number of aromatic nitrogens is 3. The van der Waals surface area contributed by atoms with E-state index in [1.807, 2.05) is 6.20 Å². The highest BCUT2D eigenvalue weighted by Crippen LogP contribution is 2.47. The highest BCUT2D eigenvalue weighted by Gasteiger charge is 2.30. The largest absolute Gasteiger partial charge is 0.507 e. The number of benzene rings is 9. The van der Waals surface area contributed by atoms with Crippen molar-refractivity contribution in [3.8, 4) is 101 Å². The fourth-order valence-corrected chi connectivity index (χ4v) is 10.5. The van der Waals surface area contributed by atoms with Crippen molar-refractivity contribution in [2.45, 2.75) is 72.1 Å². The predicted molar refractivity (Wildman–Crippen MR) is 316 cm³/mol. The molecule has 0 aliphatic heterocycles. The van der Waals surface area contributed by atoms with Gasteiger partial charge in [0, 0.05) is 28.5 Å². The molecule has 0 amide bonds. The van der Waals surface area contributed by atoms with Crippen molar-refractivity contribution in [2.24, 2.45) is 0 Å². The topological polar surface area (TPSA) is 50.9 Å². The number of phenols is 1. The normalized spacial score (nSPS) is 11.9. The maximum Gasteiger partial charge on any atom is 0.149 e. The van der Waals surface area contributed by atoms with Crippen LogP contribution in [0.2, 0.25) is 0 Å². The van der Waals surface area contributed by atoms with E-state index in [1.165, 1.54) is 22.3 Å². The van der Waals surface area contributed by atoms with Crippen molar-refractivity contribution >= 4 is 11.0 Å². The number of imidazole rings is 1. The summed E-state index contributed by atoms with van der Waals surface area (Å²) >= 11 is 0. The van der Waals surface area contributed by atoms with Crippen LogP contribution in [0.25, 0.3) is 106 Å². The van der Waals surface area contributed by atoms with Crippen LogP contribution in [0.5, 0.6) is 5.75 Å². The summed E-state index contributed by atoms with van der Waals surface area (Å²) in [5.41, 5.74) is 21.4. The van der Waals surface area contributed by atoms with Crippen molar-refractivity contribution < 1.29 is 5.11 Å². The standard InChI is InChI=1S/C71H63N3O/c1-46(2)59-26-18-28-61(53-24-16-11-17-25-53)67(59)74-65-29-19-27-60(66(65)73-69(74)62-44-58(70(3,4)5)45-63(68(62)75)71(6,7)8)56-40-55(52-36-32-50(33-37-52)48-22-14-10-15-23-48)41-57(42-56)64-43-54(38-39-72-64)51-34-30-49(31-35-51)47-20-12-9-13-21-47/h9-46,75H,1-8H3. The Morgan fingerprint density at radius 3 is 1.49 bits per heavy atom. The van der Waals surface area contributed by atoms with Crippen molar-refractivity contribution in [2.75, 3.05) is 0 Å². The quantitative estimate of drug-likeness (QED) is 0.149. The lowest BCUT2D eigenvalue weighted by Gasteiger charge is -2.28. The third-order valence-electron chi connectivity index (χ3n) is 14.7. The van der Waals surface area contributed by atoms with Gasteiger partial charge in [0.15, 0.2) is 0 Å². The Morgan fingerprint density at radius 2 is 0.920 bits per heavy atom. The van der Waals surface area contributed by atoms with Gasteiger partial charge in [0.25, 0.3) is 0 Å². The average molecular weight is 974 g/mol. The number of hydrogen-bond acceptors (Lipinski definition) is 3. The lowest BCUT2D eigenvalue weighted by molar-refractivity contribution is 0.446. The number of aromatic hydroxyl groups is 1. The van der Waals surface area contributed by atoms with Gasteiger partial charge in [0.1, 0.15) is 11.6 Å². The Kier molecular flexibility index (Phi) is 12.8. The molecule has 0 bridgehead atoms. The maximum atomic E-state index is 12.7. The molecular weight excluding hydrogens is 911 g/mol. The zero-order chi connectivity index (χ0) is 52.0. The van der Waals surface area contributed by atoms with Crippen molar-refractivity contribution in [1.29, 1.82) is 0 Å². The molecule has 4 nitrogen and oxygen atoms in total. The molecule has 75 heavy (non-hydrogen) atoms. The van der Waals surface area contributed by atoms with Gasteiger partial charge in [0.2, 0.25) is 0 Å². The molecule has 0 spiro atoms. The van der Waals surface area contributed by atoms with E-state index in [2.05, 4.69) is 278 Å². The van der Waals surface area contributed by atoms with E-state index in [0.717, 1.165) is 89.2 Å². The van der Waals surface area contributed by atoms with Crippen molar-refractivity contribution in [1.82, 2.24) is 14.5 Å². The maximum absolute atomic E-state index is 12.7. The second-order valence-electron chi connectivity index (χ2n) is 22.2. The molecule has 0 saturated carbocycles. The van der Waals surface area contributed by atoms with E-state index in [9.17, 15) is 5.11 Å². The molecule has 0 fully saturated rings. The number of nitrogens with zero attached hydrogens (tertiary/aromatic N) is 3. The highest BCUT2D eigenvalue weighted by atomic mass is 16.3. The lowest BCUT2D eigenvalue weighted by atomic mass is 9.79. The van der Waals surface area contributed by atoms with E-state index < -0.39 is 0 Å². The number of rotatable bonds is 10. The molecule has 2 heterocycles. The molecular formula is C71H63N3O. The molecule has 9 aromatic carbocycles. The highest BCUT2D eigenvalue weighted by molar-refractivity contribution is 5.99. The van der Waals surface area contributed by atoms with Gasteiger partial charge >= 0.3 is 0 Å². The summed E-state index contributed by atoms with van der Waals surface area (Å²) in [6.45, 7) is 17.8. The van der Waals surface area contributed by atoms with E-state index in [0.29, 0.717) is 11.4 Å². The van der Waals surface area contributed by atoms with E-state index in [4.69, 9.17) is 9.97 Å².